The van der Waals surface area contributed by atoms with Gasteiger partial charge in [0.25, 0.3) is 10.2 Å². The normalized spacial score (nSPS) is 27.1. The highest BCUT2D eigenvalue weighted by Crippen LogP contribution is 1.90. The Morgan fingerprint density at radius 3 is 2.80 bits per heavy atom. The molecule has 1 aliphatic heterocycles. The molecule has 1 rings (SSSR count). The Bertz CT molecular complexity index is 195. The largest absolute Gasteiger partial charge is 0.348 e. The van der Waals surface area contributed by atoms with Crippen molar-refractivity contribution in [2.75, 3.05) is 13.2 Å². The van der Waals surface area contributed by atoms with Crippen LogP contribution in [0.4, 0.5) is 0 Å². The van der Waals surface area contributed by atoms with E-state index in [-0.39, 0.29) is 0 Å². The van der Waals surface area contributed by atoms with Gasteiger partial charge in [-0.15, -0.1) is 0 Å². The summed E-state index contributed by atoms with van der Waals surface area (Å²) in [6.07, 6.45) is -0.657. The van der Waals surface area contributed by atoms with Crippen molar-refractivity contribution in [3.63, 3.8) is 0 Å². The summed E-state index contributed by atoms with van der Waals surface area (Å²) in [7, 11) is -3.65. The molecule has 0 spiro atoms. The third kappa shape index (κ3) is 2.58. The van der Waals surface area contributed by atoms with E-state index in [9.17, 15) is 8.42 Å². The van der Waals surface area contributed by atoms with E-state index in [1.54, 1.807) is 0 Å². The second kappa shape index (κ2) is 2.81. The Morgan fingerprint density at radius 2 is 2.40 bits per heavy atom. The van der Waals surface area contributed by atoms with Crippen molar-refractivity contribution in [3.05, 3.63) is 0 Å². The van der Waals surface area contributed by atoms with E-state index in [4.69, 9.17) is 4.74 Å². The van der Waals surface area contributed by atoms with Crippen molar-refractivity contribution in [2.45, 2.75) is 6.35 Å². The van der Waals surface area contributed by atoms with E-state index >= 15 is 0 Å². The van der Waals surface area contributed by atoms with Gasteiger partial charge < -0.3 is 4.74 Å². The average molecular weight is 167 g/mol. The average Bonchev–Trinajstić information content (AvgIpc) is 2.12. The molecule has 0 aromatic rings. The van der Waals surface area contributed by atoms with Crippen LogP contribution in [-0.2, 0) is 14.9 Å². The minimum absolute atomic E-state index is 0.493. The zero-order chi connectivity index (χ0) is 7.61. The van der Waals surface area contributed by atoms with Gasteiger partial charge in [-0.2, -0.15) is 13.1 Å². The smallest absolute Gasteiger partial charge is 0.277 e. The Kier molecular flexibility index (Phi) is 2.21. The van der Waals surface area contributed by atoms with E-state index < -0.39 is 16.6 Å². The summed E-state index contributed by atoms with van der Waals surface area (Å²) >= 11 is 0. The molecule has 1 atom stereocenters. The van der Waals surface area contributed by atoms with Crippen LogP contribution in [0.25, 0.3) is 0 Å². The number of hydrogen-bond acceptors (Lipinski definition) is 4. The molecule has 0 radical (unpaired) electrons. The van der Waals surface area contributed by atoms with Gasteiger partial charge in [0.15, 0.2) is 6.35 Å². The number of ether oxygens (including phenoxy) is 1. The highest BCUT2D eigenvalue weighted by atomic mass is 32.2. The van der Waals surface area contributed by atoms with Gasteiger partial charge in [0, 0.05) is 6.54 Å². The summed E-state index contributed by atoms with van der Waals surface area (Å²) in [6, 6.07) is 0. The van der Waals surface area contributed by atoms with Gasteiger partial charge in [0.1, 0.15) is 0 Å². The summed E-state index contributed by atoms with van der Waals surface area (Å²) in [5, 5.41) is 7.38. The molecule has 0 amide bonds. The van der Waals surface area contributed by atoms with E-state index in [2.05, 4.69) is 10.5 Å². The van der Waals surface area contributed by atoms with E-state index in [1.807, 2.05) is 4.72 Å². The van der Waals surface area contributed by atoms with Crippen LogP contribution in [0.5, 0.6) is 0 Å². The number of nitrogens with two attached hydrogens (primary N) is 1. The molecule has 1 aliphatic rings. The third-order valence-electron chi connectivity index (χ3n) is 0.988. The maximum absolute atomic E-state index is 10.3. The molecule has 1 heterocycles. The van der Waals surface area contributed by atoms with Crippen LogP contribution in [-0.4, -0.2) is 27.9 Å². The second-order valence-electron chi connectivity index (χ2n) is 1.87. The number of nitrogens with one attached hydrogen (secondary N) is 2. The van der Waals surface area contributed by atoms with Gasteiger partial charge in [-0.25, -0.2) is 5.14 Å². The fourth-order valence-corrected chi connectivity index (χ4v) is 1.10. The third-order valence-corrected chi connectivity index (χ3v) is 1.53. The zero-order valence-corrected chi connectivity index (χ0v) is 6.02. The summed E-state index contributed by atoms with van der Waals surface area (Å²) in [5.74, 6) is 0. The molecule has 10 heavy (non-hydrogen) atoms. The quantitative estimate of drug-likeness (QED) is 0.430. The Morgan fingerprint density at radius 1 is 1.70 bits per heavy atom. The molecule has 7 heteroatoms. The molecule has 4 N–H and O–H groups in total. The lowest BCUT2D eigenvalue weighted by molar-refractivity contribution is 0.0929. The first-order valence-electron chi connectivity index (χ1n) is 2.73. The van der Waals surface area contributed by atoms with Crippen molar-refractivity contribution >= 4 is 10.2 Å². The maximum atomic E-state index is 10.3. The van der Waals surface area contributed by atoms with Crippen LogP contribution in [0.2, 0.25) is 0 Å². The molecule has 0 aromatic carbocycles. The van der Waals surface area contributed by atoms with Gasteiger partial charge in [-0.1, -0.05) is 0 Å². The molecule has 6 nitrogen and oxygen atoms in total. The Balaban J connectivity index is 2.38. The number of rotatable bonds is 2. The summed E-state index contributed by atoms with van der Waals surface area (Å²) in [4.78, 5) is 0. The maximum Gasteiger partial charge on any atom is 0.277 e. The van der Waals surface area contributed by atoms with Gasteiger partial charge >= 0.3 is 0 Å². The lowest BCUT2D eigenvalue weighted by atomic mass is 10.7. The molecule has 0 aliphatic carbocycles. The summed E-state index contributed by atoms with van der Waals surface area (Å²) in [5.41, 5.74) is 0. The van der Waals surface area contributed by atoms with Crippen molar-refractivity contribution in [2.24, 2.45) is 5.14 Å². The van der Waals surface area contributed by atoms with Crippen molar-refractivity contribution < 1.29 is 13.2 Å². The molecule has 0 aromatic heterocycles. The highest BCUT2D eigenvalue weighted by molar-refractivity contribution is 7.87. The first-order valence-corrected chi connectivity index (χ1v) is 4.27. The molecular weight excluding hydrogens is 158 g/mol. The summed E-state index contributed by atoms with van der Waals surface area (Å²) < 4.78 is 27.6. The minimum atomic E-state index is -3.65. The highest BCUT2D eigenvalue weighted by Gasteiger charge is 2.17. The van der Waals surface area contributed by atoms with Crippen LogP contribution >= 0.6 is 0 Å². The van der Waals surface area contributed by atoms with Crippen molar-refractivity contribution in [1.29, 1.82) is 0 Å². The van der Waals surface area contributed by atoms with Crippen molar-refractivity contribution in [1.82, 2.24) is 10.0 Å². The van der Waals surface area contributed by atoms with E-state index in [0.717, 1.165) is 0 Å². The standard InChI is InChI=1S/C3H9N3O3S/c4-10(7,8)6-3-5-1-2-9-3/h3,5-6H,1-2H2,(H2,4,7,8). The molecular formula is C3H9N3O3S. The SMILES string of the molecule is NS(=O)(=O)NC1NCCO1. The van der Waals surface area contributed by atoms with Crippen LogP contribution in [0, 0.1) is 0 Å². The van der Waals surface area contributed by atoms with Gasteiger partial charge in [0.2, 0.25) is 0 Å². The minimum Gasteiger partial charge on any atom is -0.348 e. The van der Waals surface area contributed by atoms with E-state index in [1.165, 1.54) is 0 Å². The van der Waals surface area contributed by atoms with Crippen LogP contribution in [0.1, 0.15) is 0 Å². The fourth-order valence-electron chi connectivity index (χ4n) is 0.651. The fraction of sp³-hybridized carbons (Fsp3) is 1.00. The van der Waals surface area contributed by atoms with E-state index in [0.29, 0.717) is 13.2 Å². The number of hydrogen-bond donors (Lipinski definition) is 3. The molecule has 0 bridgehead atoms. The van der Waals surface area contributed by atoms with Gasteiger partial charge in [-0.05, 0) is 0 Å². The Hall–Kier alpha value is -0.210. The second-order valence-corrected chi connectivity index (χ2v) is 3.19. The predicted molar refractivity (Wildman–Crippen MR) is 34.0 cm³/mol. The topological polar surface area (TPSA) is 93.5 Å². The Labute approximate surface area is 58.9 Å². The van der Waals surface area contributed by atoms with Crippen LogP contribution in [0.3, 0.4) is 0 Å². The lowest BCUT2D eigenvalue weighted by Crippen LogP contribution is -2.45. The molecule has 1 fully saturated rings. The molecule has 1 unspecified atom stereocenters. The predicted octanol–water partition coefficient (Wildman–Crippen LogP) is -2.32. The van der Waals surface area contributed by atoms with Crippen molar-refractivity contribution in [3.8, 4) is 0 Å². The monoisotopic (exact) mass is 167 g/mol. The van der Waals surface area contributed by atoms with Gasteiger partial charge in [0.05, 0.1) is 6.61 Å². The van der Waals surface area contributed by atoms with Crippen LogP contribution < -0.4 is 15.2 Å². The first kappa shape index (κ1) is 7.89. The zero-order valence-electron chi connectivity index (χ0n) is 5.20. The van der Waals surface area contributed by atoms with Gasteiger partial charge in [-0.3, -0.25) is 5.32 Å². The first-order chi connectivity index (χ1) is 4.58. The van der Waals surface area contributed by atoms with Crippen LogP contribution in [0.15, 0.2) is 0 Å². The molecule has 1 saturated heterocycles. The summed E-state index contributed by atoms with van der Waals surface area (Å²) in [6.45, 7) is 1.13. The molecule has 0 saturated carbocycles. The lowest BCUT2D eigenvalue weighted by Gasteiger charge is -2.08. The molecule has 60 valence electrons.